The van der Waals surface area contributed by atoms with E-state index in [9.17, 15) is 19.5 Å². The summed E-state index contributed by atoms with van der Waals surface area (Å²) in [5.74, 6) is -2.15. The molecular weight excluding hydrogens is 294 g/mol. The van der Waals surface area contributed by atoms with Gasteiger partial charge in [0.25, 0.3) is 11.8 Å². The average Bonchev–Trinajstić information content (AvgIpc) is 2.76. The summed E-state index contributed by atoms with van der Waals surface area (Å²) in [6.07, 6.45) is 0.235. The monoisotopic (exact) mass is 311 g/mol. The zero-order chi connectivity index (χ0) is 16.7. The maximum Gasteiger partial charge on any atom is 0.326 e. The number of fused-ring (bicyclic) bond motifs is 3. The summed E-state index contributed by atoms with van der Waals surface area (Å²) in [4.78, 5) is 37.9. The van der Waals surface area contributed by atoms with Gasteiger partial charge in [-0.25, -0.2) is 4.79 Å². The fraction of sp³-hybridized carbons (Fsp3) is 0.278. The molecule has 5 heteroatoms. The van der Waals surface area contributed by atoms with E-state index in [1.165, 1.54) is 0 Å². The van der Waals surface area contributed by atoms with Gasteiger partial charge in [-0.2, -0.15) is 0 Å². The molecule has 0 aliphatic carbocycles. The molecule has 0 bridgehead atoms. The first-order valence-corrected chi connectivity index (χ1v) is 7.54. The van der Waals surface area contributed by atoms with Crippen LogP contribution >= 0.6 is 0 Å². The second-order valence-electron chi connectivity index (χ2n) is 6.17. The molecule has 3 rings (SSSR count). The zero-order valence-electron chi connectivity index (χ0n) is 12.9. The highest BCUT2D eigenvalue weighted by molar-refractivity contribution is 6.27. The number of imide groups is 1. The molecule has 0 fully saturated rings. The van der Waals surface area contributed by atoms with Gasteiger partial charge in [0.2, 0.25) is 0 Å². The fourth-order valence-corrected chi connectivity index (χ4v) is 3.07. The van der Waals surface area contributed by atoms with Crippen LogP contribution < -0.4 is 0 Å². The highest BCUT2D eigenvalue weighted by Gasteiger charge is 2.43. The molecule has 0 saturated heterocycles. The molecule has 0 aromatic heterocycles. The Labute approximate surface area is 133 Å². The molecule has 118 valence electrons. The second kappa shape index (κ2) is 5.50. The molecule has 2 aromatic rings. The summed E-state index contributed by atoms with van der Waals surface area (Å²) in [7, 11) is 0. The number of carbonyl (C=O) groups excluding carboxylic acids is 2. The van der Waals surface area contributed by atoms with Gasteiger partial charge in [0.1, 0.15) is 6.04 Å². The lowest BCUT2D eigenvalue weighted by molar-refractivity contribution is -0.142. The number of carboxylic acid groups (broad SMARTS) is 1. The topological polar surface area (TPSA) is 74.7 Å². The van der Waals surface area contributed by atoms with Crippen molar-refractivity contribution in [3.8, 4) is 0 Å². The Morgan fingerprint density at radius 2 is 1.78 bits per heavy atom. The van der Waals surface area contributed by atoms with Crippen LogP contribution in [0.2, 0.25) is 0 Å². The number of carbonyl (C=O) groups is 3. The van der Waals surface area contributed by atoms with Crippen LogP contribution in [0.15, 0.2) is 36.4 Å². The largest absolute Gasteiger partial charge is 0.480 e. The van der Waals surface area contributed by atoms with Gasteiger partial charge in [-0.1, -0.05) is 44.2 Å². The number of amides is 2. The molecule has 0 saturated carbocycles. The third-order valence-electron chi connectivity index (χ3n) is 4.10. The van der Waals surface area contributed by atoms with E-state index in [-0.39, 0.29) is 17.9 Å². The molecule has 0 spiro atoms. The van der Waals surface area contributed by atoms with Crippen LogP contribution in [0.3, 0.4) is 0 Å². The number of benzene rings is 2. The zero-order valence-corrected chi connectivity index (χ0v) is 12.9. The van der Waals surface area contributed by atoms with Crippen molar-refractivity contribution in [3.63, 3.8) is 0 Å². The van der Waals surface area contributed by atoms with E-state index in [2.05, 4.69) is 0 Å². The van der Waals surface area contributed by atoms with E-state index >= 15 is 0 Å². The summed E-state index contributed by atoms with van der Waals surface area (Å²) < 4.78 is 0. The van der Waals surface area contributed by atoms with Gasteiger partial charge in [0.15, 0.2) is 0 Å². The minimum atomic E-state index is -1.16. The van der Waals surface area contributed by atoms with E-state index in [0.29, 0.717) is 10.9 Å². The molecule has 1 aliphatic heterocycles. The van der Waals surface area contributed by atoms with Gasteiger partial charge in [-0.15, -0.1) is 0 Å². The summed E-state index contributed by atoms with van der Waals surface area (Å²) in [5.41, 5.74) is 0.590. The lowest BCUT2D eigenvalue weighted by Gasteiger charge is -2.23. The molecule has 0 unspecified atom stereocenters. The Balaban J connectivity index is 2.13. The Bertz CT molecular complexity index is 825. The number of aliphatic carboxylic acids is 1. The highest BCUT2D eigenvalue weighted by Crippen LogP contribution is 2.32. The van der Waals surface area contributed by atoms with Crippen LogP contribution in [0.5, 0.6) is 0 Å². The van der Waals surface area contributed by atoms with Crippen LogP contribution in [0.1, 0.15) is 41.0 Å². The van der Waals surface area contributed by atoms with Gasteiger partial charge in [-0.3, -0.25) is 14.5 Å². The van der Waals surface area contributed by atoms with Crippen molar-refractivity contribution in [3.05, 3.63) is 47.5 Å². The quantitative estimate of drug-likeness (QED) is 0.881. The minimum Gasteiger partial charge on any atom is -0.480 e. The Morgan fingerprint density at radius 1 is 1.09 bits per heavy atom. The number of carboxylic acids is 1. The summed E-state index contributed by atoms with van der Waals surface area (Å²) in [5, 5.41) is 11.0. The summed E-state index contributed by atoms with van der Waals surface area (Å²) in [6, 6.07) is 9.53. The van der Waals surface area contributed by atoms with Crippen molar-refractivity contribution in [2.75, 3.05) is 0 Å². The fourth-order valence-electron chi connectivity index (χ4n) is 3.07. The molecule has 1 N–H and O–H groups in total. The SMILES string of the molecule is CC(C)C[C@@H](C(=O)O)N1C(=O)c2ccc3ccccc3c2C1=O. The summed E-state index contributed by atoms with van der Waals surface area (Å²) in [6.45, 7) is 3.73. The van der Waals surface area contributed by atoms with Crippen molar-refractivity contribution in [1.29, 1.82) is 0 Å². The van der Waals surface area contributed by atoms with Crippen molar-refractivity contribution in [2.24, 2.45) is 5.92 Å². The Hall–Kier alpha value is -2.69. The Kier molecular flexibility index (Phi) is 3.64. The lowest BCUT2D eigenvalue weighted by Crippen LogP contribution is -2.45. The molecule has 2 amide bonds. The van der Waals surface area contributed by atoms with Crippen molar-refractivity contribution < 1.29 is 19.5 Å². The lowest BCUT2D eigenvalue weighted by atomic mass is 10.0. The Morgan fingerprint density at radius 3 is 2.43 bits per heavy atom. The van der Waals surface area contributed by atoms with Gasteiger partial charge in [0, 0.05) is 0 Å². The van der Waals surface area contributed by atoms with E-state index in [1.807, 2.05) is 26.0 Å². The smallest absolute Gasteiger partial charge is 0.326 e. The first-order valence-electron chi connectivity index (χ1n) is 7.54. The van der Waals surface area contributed by atoms with E-state index in [0.717, 1.165) is 10.3 Å². The van der Waals surface area contributed by atoms with Crippen molar-refractivity contribution in [2.45, 2.75) is 26.3 Å². The standard InChI is InChI=1S/C18H17NO4/c1-10(2)9-14(18(22)23)19-16(20)13-8-7-11-5-3-4-6-12(11)15(13)17(19)21/h3-8,10,14H,9H2,1-2H3,(H,22,23)/t14-/m0/s1. The molecule has 0 radical (unpaired) electrons. The average molecular weight is 311 g/mol. The number of hydrogen-bond acceptors (Lipinski definition) is 3. The minimum absolute atomic E-state index is 0.0529. The van der Waals surface area contributed by atoms with Crippen LogP contribution in [-0.4, -0.2) is 33.8 Å². The highest BCUT2D eigenvalue weighted by atomic mass is 16.4. The van der Waals surface area contributed by atoms with Gasteiger partial charge < -0.3 is 5.11 Å². The van der Waals surface area contributed by atoms with Gasteiger partial charge in [-0.05, 0) is 29.2 Å². The predicted octanol–water partition coefficient (Wildman–Crippen LogP) is 2.94. The number of nitrogens with zero attached hydrogens (tertiary/aromatic N) is 1. The van der Waals surface area contributed by atoms with Crippen molar-refractivity contribution in [1.82, 2.24) is 4.90 Å². The molecular formula is C18H17NO4. The van der Waals surface area contributed by atoms with Gasteiger partial charge >= 0.3 is 5.97 Å². The van der Waals surface area contributed by atoms with Gasteiger partial charge in [0.05, 0.1) is 11.1 Å². The maximum atomic E-state index is 12.8. The molecule has 1 aliphatic rings. The third kappa shape index (κ3) is 2.38. The molecule has 1 atom stereocenters. The molecule has 5 nitrogen and oxygen atoms in total. The van der Waals surface area contributed by atoms with E-state index < -0.39 is 23.8 Å². The van der Waals surface area contributed by atoms with Crippen LogP contribution in [0.4, 0.5) is 0 Å². The normalized spacial score (nSPS) is 15.3. The molecule has 2 aromatic carbocycles. The predicted molar refractivity (Wildman–Crippen MR) is 85.3 cm³/mol. The third-order valence-corrected chi connectivity index (χ3v) is 4.10. The van der Waals surface area contributed by atoms with Crippen LogP contribution in [-0.2, 0) is 4.79 Å². The van der Waals surface area contributed by atoms with Crippen molar-refractivity contribution >= 4 is 28.6 Å². The molecule has 1 heterocycles. The second-order valence-corrected chi connectivity index (χ2v) is 6.17. The van der Waals surface area contributed by atoms with Crippen LogP contribution in [0.25, 0.3) is 10.8 Å². The number of rotatable bonds is 4. The first kappa shape index (κ1) is 15.2. The van der Waals surface area contributed by atoms with E-state index in [4.69, 9.17) is 0 Å². The van der Waals surface area contributed by atoms with Crippen LogP contribution in [0, 0.1) is 5.92 Å². The first-order chi connectivity index (χ1) is 10.9. The molecule has 23 heavy (non-hydrogen) atoms. The maximum absolute atomic E-state index is 12.8. The van der Waals surface area contributed by atoms with E-state index in [1.54, 1.807) is 24.3 Å². The number of hydrogen-bond donors (Lipinski definition) is 1. The summed E-state index contributed by atoms with van der Waals surface area (Å²) >= 11 is 0.